The number of rotatable bonds is 5. The van der Waals surface area contributed by atoms with Gasteiger partial charge in [0, 0.05) is 23.4 Å². The molecule has 144 valence electrons. The highest BCUT2D eigenvalue weighted by Crippen LogP contribution is 2.14. The second kappa shape index (κ2) is 9.38. The number of benzene rings is 3. The van der Waals surface area contributed by atoms with Gasteiger partial charge in [0.1, 0.15) is 0 Å². The molecule has 2 N–H and O–H groups in total. The van der Waals surface area contributed by atoms with Crippen LogP contribution < -0.4 is 10.6 Å². The number of non-ortho nitro benzene ring substituents is 1. The fourth-order valence-electron chi connectivity index (χ4n) is 2.51. The third-order valence-electron chi connectivity index (χ3n) is 4.00. The average molecular weight is 403 g/mol. The summed E-state index contributed by atoms with van der Waals surface area (Å²) in [5.74, 6) is -0.445. The van der Waals surface area contributed by atoms with Gasteiger partial charge in [0.05, 0.1) is 4.92 Å². The van der Waals surface area contributed by atoms with Crippen molar-refractivity contribution in [1.82, 2.24) is 5.32 Å². The molecule has 0 saturated carbocycles. The predicted octanol–water partition coefficient (Wildman–Crippen LogP) is 4.89. The van der Waals surface area contributed by atoms with Crippen LogP contribution in [0.5, 0.6) is 0 Å². The summed E-state index contributed by atoms with van der Waals surface area (Å²) in [6, 6.07) is 22.9. The molecule has 0 heterocycles. The maximum Gasteiger partial charge on any atom is 0.269 e. The van der Waals surface area contributed by atoms with E-state index in [4.69, 9.17) is 12.2 Å². The number of carbonyl (C=O) groups excluding carboxylic acids is 1. The van der Waals surface area contributed by atoms with E-state index in [0.717, 1.165) is 16.8 Å². The number of amides is 1. The molecule has 0 bridgehead atoms. The first-order valence-corrected chi connectivity index (χ1v) is 9.12. The van der Waals surface area contributed by atoms with Crippen LogP contribution in [-0.2, 0) is 0 Å². The Balaban J connectivity index is 1.55. The molecule has 3 rings (SSSR count). The van der Waals surface area contributed by atoms with Gasteiger partial charge in [-0.2, -0.15) is 0 Å². The first kappa shape index (κ1) is 19.9. The first-order valence-electron chi connectivity index (χ1n) is 8.71. The van der Waals surface area contributed by atoms with Crippen LogP contribution in [-0.4, -0.2) is 15.9 Å². The van der Waals surface area contributed by atoms with Gasteiger partial charge in [-0.25, -0.2) is 0 Å². The Morgan fingerprint density at radius 2 is 1.45 bits per heavy atom. The van der Waals surface area contributed by atoms with E-state index in [1.807, 2.05) is 66.7 Å². The molecule has 0 aliphatic carbocycles. The molecular formula is C22H17N3O3S. The van der Waals surface area contributed by atoms with Gasteiger partial charge in [-0.05, 0) is 47.6 Å². The fourth-order valence-corrected chi connectivity index (χ4v) is 2.72. The first-order chi connectivity index (χ1) is 14.0. The Bertz CT molecular complexity index is 1050. The van der Waals surface area contributed by atoms with Crippen molar-refractivity contribution in [2.24, 2.45) is 0 Å². The monoisotopic (exact) mass is 403 g/mol. The normalized spacial score (nSPS) is 10.5. The zero-order chi connectivity index (χ0) is 20.6. The van der Waals surface area contributed by atoms with E-state index in [9.17, 15) is 14.9 Å². The standard InChI is InChI=1S/C22H17N3O3S/c26-21(18-10-14-20(15-11-18)25(27)28)24-22(29)23-19-12-8-17(9-13-19)7-6-16-4-2-1-3-5-16/h1-15H,(H2,23,24,26,29). The van der Waals surface area contributed by atoms with Gasteiger partial charge >= 0.3 is 0 Å². The minimum Gasteiger partial charge on any atom is -0.332 e. The summed E-state index contributed by atoms with van der Waals surface area (Å²) in [7, 11) is 0. The van der Waals surface area contributed by atoms with Crippen molar-refractivity contribution in [3.05, 3.63) is 106 Å². The quantitative estimate of drug-likeness (QED) is 0.274. The molecule has 0 saturated heterocycles. The van der Waals surface area contributed by atoms with Crippen LogP contribution >= 0.6 is 12.2 Å². The summed E-state index contributed by atoms with van der Waals surface area (Å²) >= 11 is 5.16. The Morgan fingerprint density at radius 3 is 2.03 bits per heavy atom. The molecule has 0 unspecified atom stereocenters. The highest BCUT2D eigenvalue weighted by molar-refractivity contribution is 7.80. The highest BCUT2D eigenvalue weighted by atomic mass is 32.1. The summed E-state index contributed by atoms with van der Waals surface area (Å²) in [5, 5.41) is 16.3. The number of nitrogens with zero attached hydrogens (tertiary/aromatic N) is 1. The molecule has 0 atom stereocenters. The molecule has 3 aromatic carbocycles. The second-order valence-electron chi connectivity index (χ2n) is 6.08. The topological polar surface area (TPSA) is 84.3 Å². The summed E-state index contributed by atoms with van der Waals surface area (Å²) in [6.45, 7) is 0. The summed E-state index contributed by atoms with van der Waals surface area (Å²) in [4.78, 5) is 22.3. The molecule has 3 aromatic rings. The van der Waals surface area contributed by atoms with Gasteiger partial charge < -0.3 is 5.32 Å². The van der Waals surface area contributed by atoms with Crippen LogP contribution in [0.2, 0.25) is 0 Å². The minimum absolute atomic E-state index is 0.0799. The van der Waals surface area contributed by atoms with Crippen molar-refractivity contribution >= 4 is 46.8 Å². The Morgan fingerprint density at radius 1 is 0.862 bits per heavy atom. The van der Waals surface area contributed by atoms with Crippen LogP contribution in [0.4, 0.5) is 11.4 Å². The van der Waals surface area contributed by atoms with E-state index in [-0.39, 0.29) is 16.4 Å². The third kappa shape index (κ3) is 5.82. The molecule has 0 aromatic heterocycles. The molecule has 0 aliphatic rings. The Hall–Kier alpha value is -3.84. The van der Waals surface area contributed by atoms with Gasteiger partial charge in [-0.15, -0.1) is 0 Å². The largest absolute Gasteiger partial charge is 0.332 e. The fraction of sp³-hybridized carbons (Fsp3) is 0. The van der Waals surface area contributed by atoms with E-state index >= 15 is 0 Å². The van der Waals surface area contributed by atoms with E-state index < -0.39 is 10.8 Å². The van der Waals surface area contributed by atoms with E-state index in [1.54, 1.807) is 0 Å². The van der Waals surface area contributed by atoms with Crippen LogP contribution in [0.25, 0.3) is 12.2 Å². The minimum atomic E-state index is -0.521. The summed E-state index contributed by atoms with van der Waals surface area (Å²) < 4.78 is 0. The number of nitrogens with one attached hydrogen (secondary N) is 2. The Kier molecular flexibility index (Phi) is 6.44. The predicted molar refractivity (Wildman–Crippen MR) is 119 cm³/mol. The number of hydrogen-bond acceptors (Lipinski definition) is 4. The summed E-state index contributed by atoms with van der Waals surface area (Å²) in [5.41, 5.74) is 3.07. The van der Waals surface area contributed by atoms with Crippen LogP contribution in [0.15, 0.2) is 78.9 Å². The SMILES string of the molecule is O=C(NC(=S)Nc1ccc(C=Cc2ccccc2)cc1)c1ccc([N+](=O)[O-])cc1. The number of nitro groups is 1. The average Bonchev–Trinajstić information content (AvgIpc) is 2.74. The smallest absolute Gasteiger partial charge is 0.269 e. The van der Waals surface area contributed by atoms with Gasteiger partial charge in [0.2, 0.25) is 0 Å². The lowest BCUT2D eigenvalue weighted by Gasteiger charge is -2.09. The van der Waals surface area contributed by atoms with E-state index in [2.05, 4.69) is 10.6 Å². The molecule has 0 spiro atoms. The van der Waals surface area contributed by atoms with Crippen molar-refractivity contribution in [3.8, 4) is 0 Å². The number of nitro benzene ring substituents is 1. The second-order valence-corrected chi connectivity index (χ2v) is 6.49. The molecule has 1 amide bonds. The van der Waals surface area contributed by atoms with Gasteiger partial charge in [-0.1, -0.05) is 54.6 Å². The third-order valence-corrected chi connectivity index (χ3v) is 4.21. The van der Waals surface area contributed by atoms with Gasteiger partial charge in [0.25, 0.3) is 11.6 Å². The molecule has 29 heavy (non-hydrogen) atoms. The number of thiocarbonyl (C=S) groups is 1. The van der Waals surface area contributed by atoms with Crippen molar-refractivity contribution in [2.75, 3.05) is 5.32 Å². The van der Waals surface area contributed by atoms with Gasteiger partial charge in [0.15, 0.2) is 5.11 Å². The Labute approximate surface area is 173 Å². The number of carbonyl (C=O) groups is 1. The number of anilines is 1. The molecule has 0 aliphatic heterocycles. The zero-order valence-electron chi connectivity index (χ0n) is 15.2. The van der Waals surface area contributed by atoms with Crippen molar-refractivity contribution in [1.29, 1.82) is 0 Å². The lowest BCUT2D eigenvalue weighted by Crippen LogP contribution is -2.34. The van der Waals surface area contributed by atoms with Crippen molar-refractivity contribution in [2.45, 2.75) is 0 Å². The van der Waals surface area contributed by atoms with E-state index in [1.165, 1.54) is 24.3 Å². The number of hydrogen-bond donors (Lipinski definition) is 2. The van der Waals surface area contributed by atoms with Crippen molar-refractivity contribution in [3.63, 3.8) is 0 Å². The molecule has 0 fully saturated rings. The lowest BCUT2D eigenvalue weighted by atomic mass is 10.1. The zero-order valence-corrected chi connectivity index (χ0v) is 16.1. The van der Waals surface area contributed by atoms with Crippen LogP contribution in [0, 0.1) is 10.1 Å². The molecule has 7 heteroatoms. The van der Waals surface area contributed by atoms with Gasteiger partial charge in [-0.3, -0.25) is 20.2 Å². The van der Waals surface area contributed by atoms with Crippen LogP contribution in [0.3, 0.4) is 0 Å². The molecule has 6 nitrogen and oxygen atoms in total. The van der Waals surface area contributed by atoms with E-state index in [0.29, 0.717) is 0 Å². The lowest BCUT2D eigenvalue weighted by molar-refractivity contribution is -0.384. The molecule has 0 radical (unpaired) electrons. The summed E-state index contributed by atoms with van der Waals surface area (Å²) in [6.07, 6.45) is 4.03. The maximum absolute atomic E-state index is 12.2. The highest BCUT2D eigenvalue weighted by Gasteiger charge is 2.10. The van der Waals surface area contributed by atoms with Crippen LogP contribution in [0.1, 0.15) is 21.5 Å². The molecular weight excluding hydrogens is 386 g/mol. The van der Waals surface area contributed by atoms with Crippen molar-refractivity contribution < 1.29 is 9.72 Å². The maximum atomic E-state index is 12.2.